The minimum atomic E-state index is -4.63. The van der Waals surface area contributed by atoms with Crippen LogP contribution in [0.15, 0.2) is 42.5 Å². The third kappa shape index (κ3) is 2.81. The zero-order valence-electron chi connectivity index (χ0n) is 9.84. The van der Waals surface area contributed by atoms with Gasteiger partial charge in [-0.1, -0.05) is 47.5 Å². The lowest BCUT2D eigenvalue weighted by Crippen LogP contribution is -2.14. The van der Waals surface area contributed by atoms with E-state index < -0.39 is 23.1 Å². The molecule has 1 nitrogen and oxygen atoms in total. The molecule has 0 aromatic heterocycles. The molecular formula is C14H7Cl2F3O. The Morgan fingerprint density at radius 3 is 2.00 bits per heavy atom. The van der Waals surface area contributed by atoms with E-state index in [0.29, 0.717) is 0 Å². The Balaban J connectivity index is 2.61. The van der Waals surface area contributed by atoms with Crippen molar-refractivity contribution in [2.24, 2.45) is 0 Å². The number of alkyl halides is 3. The van der Waals surface area contributed by atoms with Crippen LogP contribution in [0.3, 0.4) is 0 Å². The minimum Gasteiger partial charge on any atom is -0.288 e. The molecule has 0 N–H and O–H groups in total. The Morgan fingerprint density at radius 2 is 1.45 bits per heavy atom. The number of rotatable bonds is 2. The van der Waals surface area contributed by atoms with Crippen LogP contribution in [0.4, 0.5) is 13.2 Å². The molecule has 104 valence electrons. The first-order valence-electron chi connectivity index (χ1n) is 5.47. The maximum Gasteiger partial charge on any atom is 0.417 e. The largest absolute Gasteiger partial charge is 0.417 e. The van der Waals surface area contributed by atoms with Gasteiger partial charge in [0.2, 0.25) is 0 Å². The molecule has 6 heteroatoms. The molecule has 0 aliphatic rings. The lowest BCUT2D eigenvalue weighted by atomic mass is 9.98. The van der Waals surface area contributed by atoms with Crippen molar-refractivity contribution in [1.29, 1.82) is 0 Å². The number of hydrogen-bond acceptors (Lipinski definition) is 1. The summed E-state index contributed by atoms with van der Waals surface area (Å²) >= 11 is 11.7. The van der Waals surface area contributed by atoms with Gasteiger partial charge in [0.15, 0.2) is 5.78 Å². The zero-order valence-corrected chi connectivity index (χ0v) is 11.4. The van der Waals surface area contributed by atoms with E-state index in [9.17, 15) is 18.0 Å². The van der Waals surface area contributed by atoms with Crippen molar-refractivity contribution in [3.63, 3.8) is 0 Å². The van der Waals surface area contributed by atoms with Crippen molar-refractivity contribution in [3.8, 4) is 0 Å². The van der Waals surface area contributed by atoms with E-state index in [1.54, 1.807) is 0 Å². The molecule has 0 atom stereocenters. The maximum atomic E-state index is 12.9. The van der Waals surface area contributed by atoms with Crippen LogP contribution < -0.4 is 0 Å². The zero-order chi connectivity index (χ0) is 14.9. The van der Waals surface area contributed by atoms with Crippen molar-refractivity contribution in [2.45, 2.75) is 6.18 Å². The molecule has 2 aromatic rings. The van der Waals surface area contributed by atoms with E-state index >= 15 is 0 Å². The van der Waals surface area contributed by atoms with E-state index in [2.05, 4.69) is 0 Å². The third-order valence-corrected chi connectivity index (χ3v) is 3.30. The number of ketones is 1. The molecule has 0 bridgehead atoms. The summed E-state index contributed by atoms with van der Waals surface area (Å²) in [5.41, 5.74) is -1.62. The summed E-state index contributed by atoms with van der Waals surface area (Å²) < 4.78 is 38.7. The van der Waals surface area contributed by atoms with Gasteiger partial charge in [-0.3, -0.25) is 4.79 Å². The maximum absolute atomic E-state index is 12.9. The average Bonchev–Trinajstić information content (AvgIpc) is 2.37. The lowest BCUT2D eigenvalue weighted by Gasteiger charge is -2.13. The second-order valence-electron chi connectivity index (χ2n) is 3.97. The van der Waals surface area contributed by atoms with Gasteiger partial charge >= 0.3 is 6.18 Å². The SMILES string of the molecule is O=C(c1ccccc1C(F)(F)F)c1c(Cl)cccc1Cl. The first kappa shape index (κ1) is 14.9. The van der Waals surface area contributed by atoms with Gasteiger partial charge in [0, 0.05) is 5.56 Å². The highest BCUT2D eigenvalue weighted by molar-refractivity contribution is 6.41. The highest BCUT2D eigenvalue weighted by Crippen LogP contribution is 2.35. The summed E-state index contributed by atoms with van der Waals surface area (Å²) in [5, 5.41) is 0.0268. The first-order chi connectivity index (χ1) is 9.32. The fraction of sp³-hybridized carbons (Fsp3) is 0.0714. The molecule has 0 heterocycles. The van der Waals surface area contributed by atoms with E-state index in [1.165, 1.54) is 30.3 Å². The molecule has 0 aliphatic carbocycles. The van der Waals surface area contributed by atoms with Crippen LogP contribution in [0.25, 0.3) is 0 Å². The van der Waals surface area contributed by atoms with Gasteiger partial charge in [-0.15, -0.1) is 0 Å². The van der Waals surface area contributed by atoms with Crippen molar-refractivity contribution >= 4 is 29.0 Å². The van der Waals surface area contributed by atoms with Gasteiger partial charge in [-0.05, 0) is 18.2 Å². The van der Waals surface area contributed by atoms with Crippen molar-refractivity contribution < 1.29 is 18.0 Å². The molecule has 0 amide bonds. The predicted molar refractivity (Wildman–Crippen MR) is 71.3 cm³/mol. The Hall–Kier alpha value is -1.52. The van der Waals surface area contributed by atoms with Crippen LogP contribution >= 0.6 is 23.2 Å². The van der Waals surface area contributed by atoms with E-state index in [4.69, 9.17) is 23.2 Å². The fourth-order valence-corrected chi connectivity index (χ4v) is 2.35. The van der Waals surface area contributed by atoms with Gasteiger partial charge in [-0.25, -0.2) is 0 Å². The van der Waals surface area contributed by atoms with Crippen molar-refractivity contribution in [1.82, 2.24) is 0 Å². The molecule has 0 unspecified atom stereocenters. The van der Waals surface area contributed by atoms with Crippen LogP contribution in [0.2, 0.25) is 10.0 Å². The first-order valence-corrected chi connectivity index (χ1v) is 6.23. The summed E-state index contributed by atoms with van der Waals surface area (Å²) in [7, 11) is 0. The molecule has 0 radical (unpaired) electrons. The van der Waals surface area contributed by atoms with Gasteiger partial charge in [0.25, 0.3) is 0 Å². The molecule has 0 saturated carbocycles. The molecule has 2 rings (SSSR count). The monoisotopic (exact) mass is 318 g/mol. The van der Waals surface area contributed by atoms with E-state index in [-0.39, 0.29) is 15.6 Å². The van der Waals surface area contributed by atoms with E-state index in [0.717, 1.165) is 12.1 Å². The highest BCUT2D eigenvalue weighted by atomic mass is 35.5. The van der Waals surface area contributed by atoms with E-state index in [1.807, 2.05) is 0 Å². The standard InChI is InChI=1S/C14H7Cl2F3O/c15-10-6-3-7-11(16)12(10)13(20)8-4-1-2-5-9(8)14(17,18)19/h1-7H. The summed E-state index contributed by atoms with van der Waals surface area (Å²) in [4.78, 5) is 12.3. The van der Waals surface area contributed by atoms with Crippen LogP contribution in [-0.4, -0.2) is 5.78 Å². The number of halogens is 5. The number of benzene rings is 2. The summed E-state index contributed by atoms with van der Waals surface area (Å²) in [6, 6.07) is 8.83. The molecule has 0 aliphatic heterocycles. The third-order valence-electron chi connectivity index (χ3n) is 2.67. The highest BCUT2D eigenvalue weighted by Gasteiger charge is 2.35. The fourth-order valence-electron chi connectivity index (χ4n) is 1.78. The Bertz CT molecular complexity index is 645. The molecule has 2 aromatic carbocycles. The lowest BCUT2D eigenvalue weighted by molar-refractivity contribution is -0.137. The van der Waals surface area contributed by atoms with Crippen LogP contribution in [0.5, 0.6) is 0 Å². The van der Waals surface area contributed by atoms with Gasteiger partial charge in [0.1, 0.15) is 0 Å². The molecule has 0 fully saturated rings. The Labute approximate surface area is 122 Å². The topological polar surface area (TPSA) is 17.1 Å². The molecule has 20 heavy (non-hydrogen) atoms. The van der Waals surface area contributed by atoms with Crippen LogP contribution in [0, 0.1) is 0 Å². The van der Waals surface area contributed by atoms with Gasteiger partial charge in [0.05, 0.1) is 21.2 Å². The number of carbonyl (C=O) groups excluding carboxylic acids is 1. The second kappa shape index (κ2) is 5.46. The average molecular weight is 319 g/mol. The molecule has 0 spiro atoms. The molecule has 0 saturated heterocycles. The van der Waals surface area contributed by atoms with Crippen molar-refractivity contribution in [3.05, 3.63) is 69.2 Å². The summed E-state index contributed by atoms with van der Waals surface area (Å²) in [6.45, 7) is 0. The second-order valence-corrected chi connectivity index (χ2v) is 4.78. The van der Waals surface area contributed by atoms with Crippen LogP contribution in [0.1, 0.15) is 21.5 Å². The quantitative estimate of drug-likeness (QED) is 0.692. The Kier molecular flexibility index (Phi) is 4.06. The minimum absolute atomic E-state index is 0.0134. The van der Waals surface area contributed by atoms with Gasteiger partial charge < -0.3 is 0 Å². The summed E-state index contributed by atoms with van der Waals surface area (Å²) in [6.07, 6.45) is -4.63. The molecular weight excluding hydrogens is 312 g/mol. The summed E-state index contributed by atoms with van der Waals surface area (Å²) in [5.74, 6) is -0.853. The Morgan fingerprint density at radius 1 is 0.900 bits per heavy atom. The normalized spacial score (nSPS) is 11.4. The van der Waals surface area contributed by atoms with Crippen LogP contribution in [-0.2, 0) is 6.18 Å². The predicted octanol–water partition coefficient (Wildman–Crippen LogP) is 5.24. The smallest absolute Gasteiger partial charge is 0.288 e. The number of hydrogen-bond donors (Lipinski definition) is 0. The number of carbonyl (C=O) groups is 1. The van der Waals surface area contributed by atoms with Crippen molar-refractivity contribution in [2.75, 3.05) is 0 Å². The van der Waals surface area contributed by atoms with Gasteiger partial charge in [-0.2, -0.15) is 13.2 Å².